The van der Waals surface area contributed by atoms with Crippen molar-refractivity contribution in [3.63, 3.8) is 0 Å². The van der Waals surface area contributed by atoms with Gasteiger partial charge in [0.2, 0.25) is 0 Å². The second-order valence-electron chi connectivity index (χ2n) is 4.69. The van der Waals surface area contributed by atoms with E-state index in [0.717, 1.165) is 37.3 Å². The average molecular weight is 254 g/mol. The van der Waals surface area contributed by atoms with Crippen LogP contribution in [0.15, 0.2) is 6.07 Å². The Balaban J connectivity index is 2.03. The minimum atomic E-state index is -0.197. The summed E-state index contributed by atoms with van der Waals surface area (Å²) in [6.07, 6.45) is 2.69. The van der Waals surface area contributed by atoms with Crippen LogP contribution in [0.1, 0.15) is 31.7 Å². The van der Waals surface area contributed by atoms with Gasteiger partial charge in [0, 0.05) is 18.7 Å². The number of nitrogens with zero attached hydrogens (tertiary/aromatic N) is 2. The van der Waals surface area contributed by atoms with E-state index in [1.165, 1.54) is 11.4 Å². The topological polar surface area (TPSA) is 38.0 Å². The maximum Gasteiger partial charge on any atom is 0.0631 e. The van der Waals surface area contributed by atoms with Crippen molar-refractivity contribution in [2.75, 3.05) is 11.5 Å². The van der Waals surface area contributed by atoms with Crippen LogP contribution in [-0.2, 0) is 19.4 Å². The van der Waals surface area contributed by atoms with E-state index in [-0.39, 0.29) is 6.10 Å². The lowest BCUT2D eigenvalue weighted by Gasteiger charge is -2.17. The van der Waals surface area contributed by atoms with Gasteiger partial charge in [-0.2, -0.15) is 16.9 Å². The zero-order valence-corrected chi connectivity index (χ0v) is 11.5. The smallest absolute Gasteiger partial charge is 0.0631 e. The Kier molecular flexibility index (Phi) is 4.51. The zero-order valence-electron chi connectivity index (χ0n) is 10.7. The fourth-order valence-corrected chi connectivity index (χ4v) is 3.69. The van der Waals surface area contributed by atoms with Crippen LogP contribution in [0, 0.1) is 5.92 Å². The quantitative estimate of drug-likeness (QED) is 0.874. The SMILES string of the molecule is CCc1cc(CC(O)C2CCSC2)n(CC)n1. The van der Waals surface area contributed by atoms with Crippen LogP contribution in [0.4, 0.5) is 0 Å². The molecular weight excluding hydrogens is 232 g/mol. The molecule has 0 spiro atoms. The van der Waals surface area contributed by atoms with E-state index in [0.29, 0.717) is 5.92 Å². The lowest BCUT2D eigenvalue weighted by atomic mass is 9.98. The maximum absolute atomic E-state index is 10.2. The monoisotopic (exact) mass is 254 g/mol. The normalized spacial score (nSPS) is 21.9. The Labute approximate surface area is 108 Å². The molecule has 0 aliphatic carbocycles. The third-order valence-corrected chi connectivity index (χ3v) is 4.69. The third-order valence-electron chi connectivity index (χ3n) is 3.50. The van der Waals surface area contributed by atoms with Crippen LogP contribution >= 0.6 is 11.8 Å². The van der Waals surface area contributed by atoms with Crippen molar-refractivity contribution in [2.45, 2.75) is 45.8 Å². The summed E-state index contributed by atoms with van der Waals surface area (Å²) in [6.45, 7) is 5.12. The Bertz CT molecular complexity index is 358. The predicted molar refractivity (Wildman–Crippen MR) is 72.4 cm³/mol. The van der Waals surface area contributed by atoms with Gasteiger partial charge < -0.3 is 5.11 Å². The van der Waals surface area contributed by atoms with E-state index in [2.05, 4.69) is 25.0 Å². The first-order valence-electron chi connectivity index (χ1n) is 6.56. The minimum absolute atomic E-state index is 0.197. The van der Waals surface area contributed by atoms with Crippen LogP contribution in [0.2, 0.25) is 0 Å². The fourth-order valence-electron chi connectivity index (χ4n) is 2.36. The molecule has 1 aromatic rings. The van der Waals surface area contributed by atoms with Crippen molar-refractivity contribution >= 4 is 11.8 Å². The number of aromatic nitrogens is 2. The first kappa shape index (κ1) is 13.0. The Morgan fingerprint density at radius 3 is 3.00 bits per heavy atom. The van der Waals surface area contributed by atoms with E-state index in [1.54, 1.807) is 0 Å². The summed E-state index contributed by atoms with van der Waals surface area (Å²) >= 11 is 1.96. The molecule has 0 saturated carbocycles. The molecule has 17 heavy (non-hydrogen) atoms. The zero-order chi connectivity index (χ0) is 12.3. The number of aliphatic hydroxyl groups is 1. The number of thioether (sulfide) groups is 1. The molecule has 0 aromatic carbocycles. The first-order valence-corrected chi connectivity index (χ1v) is 7.71. The second-order valence-corrected chi connectivity index (χ2v) is 5.84. The van der Waals surface area contributed by atoms with E-state index in [4.69, 9.17) is 0 Å². The van der Waals surface area contributed by atoms with Gasteiger partial charge in [0.1, 0.15) is 0 Å². The van der Waals surface area contributed by atoms with E-state index < -0.39 is 0 Å². The molecule has 2 unspecified atom stereocenters. The van der Waals surface area contributed by atoms with Gasteiger partial charge in [0.05, 0.1) is 11.8 Å². The van der Waals surface area contributed by atoms with Gasteiger partial charge in [-0.15, -0.1) is 0 Å². The first-order chi connectivity index (χ1) is 8.24. The summed E-state index contributed by atoms with van der Waals surface area (Å²) < 4.78 is 2.03. The number of aliphatic hydroxyl groups excluding tert-OH is 1. The predicted octanol–water partition coefficient (Wildman–Crippen LogP) is 2.12. The fraction of sp³-hybridized carbons (Fsp3) is 0.769. The van der Waals surface area contributed by atoms with Gasteiger partial charge in [-0.25, -0.2) is 0 Å². The molecule has 4 heteroatoms. The lowest BCUT2D eigenvalue weighted by molar-refractivity contribution is 0.118. The molecule has 1 aliphatic heterocycles. The molecule has 2 rings (SSSR count). The number of hydrogen-bond acceptors (Lipinski definition) is 3. The van der Waals surface area contributed by atoms with Gasteiger partial charge in [0.15, 0.2) is 0 Å². The summed E-state index contributed by atoms with van der Waals surface area (Å²) in [5, 5.41) is 14.8. The molecule has 1 aliphatic rings. The third kappa shape index (κ3) is 3.05. The molecule has 0 amide bonds. The lowest BCUT2D eigenvalue weighted by Crippen LogP contribution is -2.24. The molecular formula is C13H22N2OS. The Morgan fingerprint density at radius 1 is 1.59 bits per heavy atom. The van der Waals surface area contributed by atoms with Crippen molar-refractivity contribution in [1.29, 1.82) is 0 Å². The summed E-state index contributed by atoms with van der Waals surface area (Å²) in [5.41, 5.74) is 2.32. The van der Waals surface area contributed by atoms with Crippen molar-refractivity contribution in [2.24, 2.45) is 5.92 Å². The average Bonchev–Trinajstić information content (AvgIpc) is 2.97. The van der Waals surface area contributed by atoms with Crippen LogP contribution in [-0.4, -0.2) is 32.5 Å². The maximum atomic E-state index is 10.2. The highest BCUT2D eigenvalue weighted by Crippen LogP contribution is 2.27. The van der Waals surface area contributed by atoms with Crippen molar-refractivity contribution < 1.29 is 5.11 Å². The highest BCUT2D eigenvalue weighted by Gasteiger charge is 2.24. The molecule has 1 aromatic heterocycles. The van der Waals surface area contributed by atoms with Crippen molar-refractivity contribution in [3.05, 3.63) is 17.5 Å². The summed E-state index contributed by atoms with van der Waals surface area (Å²) in [7, 11) is 0. The van der Waals surface area contributed by atoms with Gasteiger partial charge in [0.25, 0.3) is 0 Å². The molecule has 2 heterocycles. The molecule has 0 bridgehead atoms. The van der Waals surface area contributed by atoms with Crippen LogP contribution < -0.4 is 0 Å². The van der Waals surface area contributed by atoms with Crippen molar-refractivity contribution in [3.8, 4) is 0 Å². The molecule has 0 radical (unpaired) electrons. The van der Waals surface area contributed by atoms with Gasteiger partial charge in [-0.3, -0.25) is 4.68 Å². The largest absolute Gasteiger partial charge is 0.392 e. The van der Waals surface area contributed by atoms with Gasteiger partial charge in [-0.1, -0.05) is 6.92 Å². The standard InChI is InChI=1S/C13H22N2OS/c1-3-11-7-12(15(4-2)14-11)8-13(16)10-5-6-17-9-10/h7,10,13,16H,3-6,8-9H2,1-2H3. The van der Waals surface area contributed by atoms with E-state index >= 15 is 0 Å². The number of aryl methyl sites for hydroxylation is 2. The van der Waals surface area contributed by atoms with Gasteiger partial charge in [-0.05, 0) is 43.3 Å². The summed E-state index contributed by atoms with van der Waals surface area (Å²) in [4.78, 5) is 0. The van der Waals surface area contributed by atoms with E-state index in [1.807, 2.05) is 16.4 Å². The summed E-state index contributed by atoms with van der Waals surface area (Å²) in [6, 6.07) is 2.15. The molecule has 1 fully saturated rings. The van der Waals surface area contributed by atoms with E-state index in [9.17, 15) is 5.11 Å². The molecule has 96 valence electrons. The van der Waals surface area contributed by atoms with Crippen LogP contribution in [0.25, 0.3) is 0 Å². The highest BCUT2D eigenvalue weighted by molar-refractivity contribution is 7.99. The molecule has 1 N–H and O–H groups in total. The number of rotatable bonds is 5. The Morgan fingerprint density at radius 2 is 2.41 bits per heavy atom. The van der Waals surface area contributed by atoms with Gasteiger partial charge >= 0.3 is 0 Å². The molecule has 2 atom stereocenters. The number of hydrogen-bond donors (Lipinski definition) is 1. The molecule has 1 saturated heterocycles. The van der Waals surface area contributed by atoms with Crippen LogP contribution in [0.5, 0.6) is 0 Å². The molecule has 3 nitrogen and oxygen atoms in total. The van der Waals surface area contributed by atoms with Crippen LogP contribution in [0.3, 0.4) is 0 Å². The minimum Gasteiger partial charge on any atom is -0.392 e. The summed E-state index contributed by atoms with van der Waals surface area (Å²) in [5.74, 6) is 2.79. The second kappa shape index (κ2) is 5.91. The highest BCUT2D eigenvalue weighted by atomic mass is 32.2. The Hall–Kier alpha value is -0.480. The van der Waals surface area contributed by atoms with Crippen molar-refractivity contribution in [1.82, 2.24) is 9.78 Å².